The van der Waals surface area contributed by atoms with Crippen molar-refractivity contribution in [2.75, 3.05) is 0 Å². The average molecular weight is 457 g/mol. The summed E-state index contributed by atoms with van der Waals surface area (Å²) in [5.41, 5.74) is 5.54. The molecular formula is C24H29ClN4OS. The summed E-state index contributed by atoms with van der Waals surface area (Å²) < 4.78 is 0. The average Bonchev–Trinajstić information content (AvgIpc) is 3.14. The number of nitrogens with zero attached hydrogens (tertiary/aromatic N) is 2. The second kappa shape index (κ2) is 10.0. The number of aromatic amines is 2. The molecule has 5 nitrogen and oxygen atoms in total. The Balaban J connectivity index is 1.50. The van der Waals surface area contributed by atoms with Crippen LogP contribution in [0.25, 0.3) is 11.3 Å². The molecule has 0 bridgehead atoms. The first kappa shape index (κ1) is 22.2. The molecule has 1 aliphatic carbocycles. The molecule has 0 aliphatic heterocycles. The van der Waals surface area contributed by atoms with Gasteiger partial charge in [0.05, 0.1) is 16.4 Å². The molecule has 2 aromatic heterocycles. The van der Waals surface area contributed by atoms with Gasteiger partial charge in [-0.05, 0) is 25.7 Å². The van der Waals surface area contributed by atoms with Crippen molar-refractivity contribution in [1.82, 2.24) is 20.2 Å². The molecule has 0 amide bonds. The highest BCUT2D eigenvalue weighted by molar-refractivity contribution is 7.98. The number of aryl methyl sites for hydroxylation is 1. The van der Waals surface area contributed by atoms with Crippen molar-refractivity contribution >= 4 is 23.4 Å². The molecule has 2 N–H and O–H groups in total. The van der Waals surface area contributed by atoms with Gasteiger partial charge in [-0.15, -0.1) is 0 Å². The molecule has 0 spiro atoms. The standard InChI is InChI=1S/C24H29ClN4OS/c1-3-18-19(13-16-7-5-4-6-8-16)26-24(27-23(18)30)31-14-20-21(25)22(29-28-20)17-11-9-15(2)10-12-17/h9-12,16H,3-8,13-14H2,1-2H3,(H,28,29)(H,26,27,30). The van der Waals surface area contributed by atoms with E-state index in [9.17, 15) is 4.79 Å². The van der Waals surface area contributed by atoms with Crippen LogP contribution in [0.5, 0.6) is 0 Å². The molecule has 0 atom stereocenters. The van der Waals surface area contributed by atoms with Crippen LogP contribution in [0.15, 0.2) is 34.2 Å². The van der Waals surface area contributed by atoms with Crippen LogP contribution in [0.3, 0.4) is 0 Å². The summed E-state index contributed by atoms with van der Waals surface area (Å²) in [5.74, 6) is 1.21. The normalized spacial score (nSPS) is 14.8. The van der Waals surface area contributed by atoms with Gasteiger partial charge in [0.1, 0.15) is 5.69 Å². The van der Waals surface area contributed by atoms with E-state index < -0.39 is 0 Å². The summed E-state index contributed by atoms with van der Waals surface area (Å²) >= 11 is 8.09. The second-order valence-electron chi connectivity index (χ2n) is 8.38. The lowest BCUT2D eigenvalue weighted by Gasteiger charge is -2.22. The van der Waals surface area contributed by atoms with E-state index in [1.807, 2.05) is 31.2 Å². The summed E-state index contributed by atoms with van der Waals surface area (Å²) in [6.45, 7) is 4.08. The van der Waals surface area contributed by atoms with E-state index >= 15 is 0 Å². The number of thioether (sulfide) groups is 1. The van der Waals surface area contributed by atoms with E-state index in [1.165, 1.54) is 49.4 Å². The van der Waals surface area contributed by atoms with Crippen LogP contribution in [-0.4, -0.2) is 20.2 Å². The van der Waals surface area contributed by atoms with E-state index in [0.717, 1.165) is 34.6 Å². The SMILES string of the molecule is CCc1c(CC2CCCCC2)nc(SCc2[nH]nc(-c3ccc(C)cc3)c2Cl)[nH]c1=O. The third-order valence-electron chi connectivity index (χ3n) is 6.09. The number of halogens is 1. The van der Waals surface area contributed by atoms with Crippen LogP contribution < -0.4 is 5.56 Å². The first-order valence-corrected chi connectivity index (χ1v) is 12.5. The third kappa shape index (κ3) is 5.24. The minimum atomic E-state index is -0.0122. The highest BCUT2D eigenvalue weighted by Gasteiger charge is 2.19. The lowest BCUT2D eigenvalue weighted by atomic mass is 9.85. The lowest BCUT2D eigenvalue weighted by molar-refractivity contribution is 0.352. The fraction of sp³-hybridized carbons (Fsp3) is 0.458. The molecule has 1 aromatic carbocycles. The molecule has 2 heterocycles. The number of hydrogen-bond acceptors (Lipinski definition) is 4. The predicted molar refractivity (Wildman–Crippen MR) is 128 cm³/mol. The van der Waals surface area contributed by atoms with Crippen LogP contribution in [0.2, 0.25) is 5.02 Å². The number of rotatable bonds is 7. The highest BCUT2D eigenvalue weighted by Crippen LogP contribution is 2.32. The first-order chi connectivity index (χ1) is 15.0. The maximum atomic E-state index is 12.7. The van der Waals surface area contributed by atoms with Crippen molar-refractivity contribution in [3.05, 3.63) is 62.2 Å². The van der Waals surface area contributed by atoms with E-state index in [-0.39, 0.29) is 5.56 Å². The fourth-order valence-corrected chi connectivity index (χ4v) is 5.46. The van der Waals surface area contributed by atoms with Crippen molar-refractivity contribution in [1.29, 1.82) is 0 Å². The topological polar surface area (TPSA) is 74.4 Å². The summed E-state index contributed by atoms with van der Waals surface area (Å²) in [5, 5.41) is 8.72. The van der Waals surface area contributed by atoms with Crippen molar-refractivity contribution in [3.8, 4) is 11.3 Å². The van der Waals surface area contributed by atoms with Gasteiger partial charge < -0.3 is 4.98 Å². The van der Waals surface area contributed by atoms with Gasteiger partial charge in [-0.1, -0.05) is 92.2 Å². The van der Waals surface area contributed by atoms with Gasteiger partial charge in [0.2, 0.25) is 0 Å². The van der Waals surface area contributed by atoms with Gasteiger partial charge in [0.25, 0.3) is 5.56 Å². The Morgan fingerprint density at radius 1 is 1.16 bits per heavy atom. The van der Waals surface area contributed by atoms with Gasteiger partial charge in [-0.25, -0.2) is 4.98 Å². The van der Waals surface area contributed by atoms with E-state index in [2.05, 4.69) is 22.1 Å². The molecule has 1 saturated carbocycles. The summed E-state index contributed by atoms with van der Waals surface area (Å²) in [6, 6.07) is 8.14. The number of hydrogen-bond donors (Lipinski definition) is 2. The molecule has 164 valence electrons. The van der Waals surface area contributed by atoms with Crippen molar-refractivity contribution in [2.45, 2.75) is 69.7 Å². The molecule has 0 radical (unpaired) electrons. The lowest BCUT2D eigenvalue weighted by Crippen LogP contribution is -2.21. The minimum Gasteiger partial charge on any atom is -0.301 e. The Morgan fingerprint density at radius 3 is 2.61 bits per heavy atom. The minimum absolute atomic E-state index is 0.0122. The third-order valence-corrected chi connectivity index (χ3v) is 7.40. The van der Waals surface area contributed by atoms with Crippen molar-refractivity contribution in [3.63, 3.8) is 0 Å². The molecule has 3 aromatic rings. The maximum absolute atomic E-state index is 12.7. The van der Waals surface area contributed by atoms with Gasteiger partial charge in [0.15, 0.2) is 5.16 Å². The molecule has 4 rings (SSSR count). The molecule has 31 heavy (non-hydrogen) atoms. The van der Waals surface area contributed by atoms with Gasteiger partial charge in [-0.3, -0.25) is 9.89 Å². The Hall–Kier alpha value is -2.05. The summed E-state index contributed by atoms with van der Waals surface area (Å²) in [6.07, 6.45) is 8.01. The number of nitrogens with one attached hydrogen (secondary N) is 2. The van der Waals surface area contributed by atoms with Crippen LogP contribution in [0, 0.1) is 12.8 Å². The summed E-state index contributed by atoms with van der Waals surface area (Å²) in [7, 11) is 0. The molecule has 1 fully saturated rings. The Kier molecular flexibility index (Phi) is 7.18. The number of benzene rings is 1. The quantitative estimate of drug-likeness (QED) is 0.332. The molecular weight excluding hydrogens is 428 g/mol. The van der Waals surface area contributed by atoms with Crippen LogP contribution in [-0.2, 0) is 18.6 Å². The Bertz CT molecular complexity index is 1080. The largest absolute Gasteiger partial charge is 0.301 e. The molecule has 0 saturated heterocycles. The molecule has 0 unspecified atom stereocenters. The maximum Gasteiger partial charge on any atom is 0.254 e. The highest BCUT2D eigenvalue weighted by atomic mass is 35.5. The Morgan fingerprint density at radius 2 is 1.90 bits per heavy atom. The molecule has 7 heteroatoms. The number of aromatic nitrogens is 4. The summed E-state index contributed by atoms with van der Waals surface area (Å²) in [4.78, 5) is 20.5. The Labute approximate surface area is 192 Å². The fourth-order valence-electron chi connectivity index (χ4n) is 4.29. The van der Waals surface area contributed by atoms with E-state index in [4.69, 9.17) is 16.6 Å². The van der Waals surface area contributed by atoms with Crippen LogP contribution in [0.4, 0.5) is 0 Å². The van der Waals surface area contributed by atoms with Crippen molar-refractivity contribution < 1.29 is 0 Å². The molecule has 1 aliphatic rings. The zero-order valence-electron chi connectivity index (χ0n) is 18.1. The zero-order valence-corrected chi connectivity index (χ0v) is 19.7. The van der Waals surface area contributed by atoms with E-state index in [0.29, 0.717) is 28.3 Å². The van der Waals surface area contributed by atoms with Gasteiger partial charge in [-0.2, -0.15) is 5.10 Å². The van der Waals surface area contributed by atoms with Gasteiger partial charge >= 0.3 is 0 Å². The smallest absolute Gasteiger partial charge is 0.254 e. The zero-order chi connectivity index (χ0) is 21.8. The van der Waals surface area contributed by atoms with Gasteiger partial charge in [0, 0.05) is 16.9 Å². The predicted octanol–water partition coefficient (Wildman–Crippen LogP) is 6.10. The first-order valence-electron chi connectivity index (χ1n) is 11.1. The van der Waals surface area contributed by atoms with Crippen LogP contribution in [0.1, 0.15) is 61.5 Å². The monoisotopic (exact) mass is 456 g/mol. The second-order valence-corrected chi connectivity index (χ2v) is 9.72. The van der Waals surface area contributed by atoms with Crippen LogP contribution >= 0.6 is 23.4 Å². The number of H-pyrrole nitrogens is 2. The van der Waals surface area contributed by atoms with E-state index in [1.54, 1.807) is 0 Å². The van der Waals surface area contributed by atoms with Crippen molar-refractivity contribution in [2.24, 2.45) is 5.92 Å².